The van der Waals surface area contributed by atoms with Crippen molar-refractivity contribution in [3.8, 4) is 11.4 Å². The highest BCUT2D eigenvalue weighted by Gasteiger charge is 2.08. The lowest BCUT2D eigenvalue weighted by atomic mass is 10.2. The van der Waals surface area contributed by atoms with E-state index >= 15 is 0 Å². The predicted octanol–water partition coefficient (Wildman–Crippen LogP) is 3.52. The van der Waals surface area contributed by atoms with E-state index in [1.54, 1.807) is 0 Å². The molecule has 0 fully saturated rings. The zero-order chi connectivity index (χ0) is 12.4. The van der Waals surface area contributed by atoms with Crippen molar-refractivity contribution >= 4 is 31.9 Å². The van der Waals surface area contributed by atoms with E-state index in [-0.39, 0.29) is 5.56 Å². The molecule has 0 saturated carbocycles. The molecule has 0 aliphatic carbocycles. The molecular weight excluding hydrogens is 348 g/mol. The van der Waals surface area contributed by atoms with Crippen LogP contribution in [0.2, 0.25) is 0 Å². The first-order valence-corrected chi connectivity index (χ1v) is 6.75. The minimum atomic E-state index is -0.144. The minimum Gasteiger partial charge on any atom is -0.306 e. The van der Waals surface area contributed by atoms with Crippen molar-refractivity contribution in [2.24, 2.45) is 0 Å². The van der Waals surface area contributed by atoms with Crippen LogP contribution in [0.4, 0.5) is 0 Å². The number of H-pyrrole nitrogens is 1. The molecule has 0 atom stereocenters. The van der Waals surface area contributed by atoms with Crippen molar-refractivity contribution in [3.05, 3.63) is 49.3 Å². The van der Waals surface area contributed by atoms with Crippen LogP contribution in [-0.2, 0) is 6.42 Å². The molecule has 0 unspecified atom stereocenters. The van der Waals surface area contributed by atoms with Crippen molar-refractivity contribution in [2.45, 2.75) is 13.3 Å². The van der Waals surface area contributed by atoms with E-state index < -0.39 is 0 Å². The molecule has 1 heterocycles. The standard InChI is InChI=1S/C12H10Br2N2O/c1-2-9-10(14)12(17)16-11(15-9)7-3-5-8(13)6-4-7/h3-6H,2H2,1H3,(H,15,16,17). The summed E-state index contributed by atoms with van der Waals surface area (Å²) in [6, 6.07) is 7.66. The normalized spacial score (nSPS) is 10.5. The second kappa shape index (κ2) is 5.14. The van der Waals surface area contributed by atoms with Gasteiger partial charge in [-0.2, -0.15) is 0 Å². The summed E-state index contributed by atoms with van der Waals surface area (Å²) in [7, 11) is 0. The van der Waals surface area contributed by atoms with E-state index in [0.717, 1.165) is 15.7 Å². The van der Waals surface area contributed by atoms with Gasteiger partial charge in [-0.15, -0.1) is 0 Å². The molecule has 5 heteroatoms. The van der Waals surface area contributed by atoms with Crippen LogP contribution in [0.1, 0.15) is 12.6 Å². The van der Waals surface area contributed by atoms with Gasteiger partial charge < -0.3 is 4.98 Å². The third-order valence-corrected chi connectivity index (χ3v) is 3.73. The summed E-state index contributed by atoms with van der Waals surface area (Å²) in [6.07, 6.45) is 0.716. The smallest absolute Gasteiger partial charge is 0.265 e. The Kier molecular flexibility index (Phi) is 3.79. The van der Waals surface area contributed by atoms with Gasteiger partial charge in [-0.3, -0.25) is 4.79 Å². The third-order valence-electron chi connectivity index (χ3n) is 2.38. The molecular formula is C12H10Br2N2O. The Labute approximate surface area is 116 Å². The summed E-state index contributed by atoms with van der Waals surface area (Å²) in [4.78, 5) is 18.9. The number of rotatable bonds is 2. The van der Waals surface area contributed by atoms with Crippen LogP contribution in [0.15, 0.2) is 38.0 Å². The minimum absolute atomic E-state index is 0.144. The molecule has 1 N–H and O–H groups in total. The van der Waals surface area contributed by atoms with Crippen molar-refractivity contribution in [3.63, 3.8) is 0 Å². The number of halogens is 2. The monoisotopic (exact) mass is 356 g/mol. The fourth-order valence-electron chi connectivity index (χ4n) is 1.48. The maximum atomic E-state index is 11.7. The highest BCUT2D eigenvalue weighted by molar-refractivity contribution is 9.10. The second-order valence-corrected chi connectivity index (χ2v) is 5.24. The third kappa shape index (κ3) is 2.66. The van der Waals surface area contributed by atoms with Crippen LogP contribution in [0.25, 0.3) is 11.4 Å². The molecule has 88 valence electrons. The highest BCUT2D eigenvalue weighted by atomic mass is 79.9. The van der Waals surface area contributed by atoms with E-state index in [2.05, 4.69) is 41.8 Å². The molecule has 0 bridgehead atoms. The average molecular weight is 358 g/mol. The molecule has 1 aromatic heterocycles. The van der Waals surface area contributed by atoms with E-state index in [1.807, 2.05) is 31.2 Å². The van der Waals surface area contributed by atoms with Gasteiger partial charge in [0, 0.05) is 10.0 Å². The summed E-state index contributed by atoms with van der Waals surface area (Å²) < 4.78 is 1.51. The van der Waals surface area contributed by atoms with E-state index in [0.29, 0.717) is 16.7 Å². The summed E-state index contributed by atoms with van der Waals surface area (Å²) in [5.41, 5.74) is 1.52. The molecule has 17 heavy (non-hydrogen) atoms. The Hall–Kier alpha value is -0.940. The molecule has 2 rings (SSSR count). The van der Waals surface area contributed by atoms with Gasteiger partial charge in [0.05, 0.1) is 5.69 Å². The molecule has 0 amide bonds. The van der Waals surface area contributed by atoms with E-state index in [9.17, 15) is 4.79 Å². The Bertz CT molecular complexity index is 590. The Morgan fingerprint density at radius 3 is 2.47 bits per heavy atom. The van der Waals surface area contributed by atoms with Gasteiger partial charge >= 0.3 is 0 Å². The van der Waals surface area contributed by atoms with Gasteiger partial charge in [0.25, 0.3) is 5.56 Å². The van der Waals surface area contributed by atoms with E-state index in [4.69, 9.17) is 0 Å². The zero-order valence-electron chi connectivity index (χ0n) is 9.13. The number of nitrogens with one attached hydrogen (secondary N) is 1. The zero-order valence-corrected chi connectivity index (χ0v) is 12.3. The van der Waals surface area contributed by atoms with Crippen molar-refractivity contribution in [2.75, 3.05) is 0 Å². The van der Waals surface area contributed by atoms with Gasteiger partial charge in [0.2, 0.25) is 0 Å². The SMILES string of the molecule is CCc1nc(-c2ccc(Br)cc2)[nH]c(=O)c1Br. The Morgan fingerprint density at radius 2 is 1.88 bits per heavy atom. The number of aryl methyl sites for hydroxylation is 1. The molecule has 0 radical (unpaired) electrons. The topological polar surface area (TPSA) is 45.8 Å². The Balaban J connectivity index is 2.56. The average Bonchev–Trinajstić information content (AvgIpc) is 2.33. The summed E-state index contributed by atoms with van der Waals surface area (Å²) in [6.45, 7) is 1.97. The number of benzene rings is 1. The fourth-order valence-corrected chi connectivity index (χ4v) is 2.22. The van der Waals surface area contributed by atoms with Crippen molar-refractivity contribution < 1.29 is 0 Å². The molecule has 1 aromatic carbocycles. The number of hydrogen-bond donors (Lipinski definition) is 1. The molecule has 0 spiro atoms. The van der Waals surface area contributed by atoms with E-state index in [1.165, 1.54) is 0 Å². The number of aromatic nitrogens is 2. The molecule has 0 aliphatic heterocycles. The summed E-state index contributed by atoms with van der Waals surface area (Å²) in [5, 5.41) is 0. The van der Waals surface area contributed by atoms with Crippen molar-refractivity contribution in [1.29, 1.82) is 0 Å². The predicted molar refractivity (Wildman–Crippen MR) is 75.1 cm³/mol. The lowest BCUT2D eigenvalue weighted by Crippen LogP contribution is -2.13. The quantitative estimate of drug-likeness (QED) is 0.893. The maximum absolute atomic E-state index is 11.7. The first kappa shape index (κ1) is 12.5. The van der Waals surface area contributed by atoms with Gasteiger partial charge in [-0.25, -0.2) is 4.98 Å². The van der Waals surface area contributed by atoms with Gasteiger partial charge in [0.1, 0.15) is 10.3 Å². The Morgan fingerprint density at radius 1 is 1.24 bits per heavy atom. The molecule has 0 saturated heterocycles. The summed E-state index contributed by atoms with van der Waals surface area (Å²) in [5.74, 6) is 0.600. The first-order valence-electron chi connectivity index (χ1n) is 5.16. The molecule has 3 nitrogen and oxygen atoms in total. The van der Waals surface area contributed by atoms with Crippen molar-refractivity contribution in [1.82, 2.24) is 9.97 Å². The second-order valence-electron chi connectivity index (χ2n) is 3.54. The highest BCUT2D eigenvalue weighted by Crippen LogP contribution is 2.19. The number of aromatic amines is 1. The van der Waals surface area contributed by atoms with Crippen LogP contribution in [-0.4, -0.2) is 9.97 Å². The van der Waals surface area contributed by atoms with Crippen LogP contribution in [0, 0.1) is 0 Å². The lowest BCUT2D eigenvalue weighted by Gasteiger charge is -2.05. The van der Waals surface area contributed by atoms with Crippen LogP contribution in [0.5, 0.6) is 0 Å². The van der Waals surface area contributed by atoms with Gasteiger partial charge in [-0.1, -0.05) is 35.0 Å². The lowest BCUT2D eigenvalue weighted by molar-refractivity contribution is 0.970. The van der Waals surface area contributed by atoms with Gasteiger partial charge in [0.15, 0.2) is 0 Å². The van der Waals surface area contributed by atoms with Crippen LogP contribution in [0.3, 0.4) is 0 Å². The first-order chi connectivity index (χ1) is 8.11. The van der Waals surface area contributed by atoms with Crippen LogP contribution < -0.4 is 5.56 Å². The fraction of sp³-hybridized carbons (Fsp3) is 0.167. The molecule has 2 aromatic rings. The largest absolute Gasteiger partial charge is 0.306 e. The molecule has 0 aliphatic rings. The number of nitrogens with zero attached hydrogens (tertiary/aromatic N) is 1. The maximum Gasteiger partial charge on any atom is 0.265 e. The van der Waals surface area contributed by atoms with Gasteiger partial charge in [-0.05, 0) is 34.5 Å². The van der Waals surface area contributed by atoms with Crippen LogP contribution >= 0.6 is 31.9 Å². The number of hydrogen-bond acceptors (Lipinski definition) is 2. The summed E-state index contributed by atoms with van der Waals surface area (Å²) >= 11 is 6.62.